The van der Waals surface area contributed by atoms with E-state index in [-0.39, 0.29) is 34.7 Å². The first-order valence-corrected chi connectivity index (χ1v) is 7.52. The minimum absolute atomic E-state index is 0.0286. The zero-order valence-corrected chi connectivity index (χ0v) is 13.6. The van der Waals surface area contributed by atoms with E-state index in [4.69, 9.17) is 20.8 Å². The lowest BCUT2D eigenvalue weighted by Gasteiger charge is -2.05. The van der Waals surface area contributed by atoms with Gasteiger partial charge in [0.2, 0.25) is 5.89 Å². The van der Waals surface area contributed by atoms with Gasteiger partial charge in [0.25, 0.3) is 11.6 Å². The molecule has 0 aliphatic heterocycles. The first-order chi connectivity index (χ1) is 12.5. The van der Waals surface area contributed by atoms with Gasteiger partial charge in [-0.15, -0.1) is 10.2 Å². The molecule has 0 aliphatic rings. The van der Waals surface area contributed by atoms with Crippen molar-refractivity contribution in [2.45, 2.75) is 6.61 Å². The summed E-state index contributed by atoms with van der Waals surface area (Å²) in [5.74, 6) is -1.71. The van der Waals surface area contributed by atoms with Crippen molar-refractivity contribution in [3.05, 3.63) is 74.9 Å². The zero-order valence-electron chi connectivity index (χ0n) is 12.9. The average molecular weight is 378 g/mol. The molecule has 0 saturated heterocycles. The Morgan fingerprint density at radius 2 is 1.96 bits per heavy atom. The number of esters is 1. The third kappa shape index (κ3) is 3.67. The molecule has 0 N–H and O–H groups in total. The number of benzene rings is 2. The number of hydrogen-bond acceptors (Lipinski definition) is 7. The fraction of sp³-hybridized carbons (Fsp3) is 0.0625. The fourth-order valence-electron chi connectivity index (χ4n) is 2.05. The lowest BCUT2D eigenvalue weighted by atomic mass is 10.2. The summed E-state index contributed by atoms with van der Waals surface area (Å²) in [6.45, 7) is -0.385. The number of nitrogens with zero attached hydrogens (tertiary/aromatic N) is 3. The van der Waals surface area contributed by atoms with Crippen LogP contribution in [-0.2, 0) is 11.3 Å². The maximum Gasteiger partial charge on any atom is 0.343 e. The lowest BCUT2D eigenvalue weighted by molar-refractivity contribution is -0.384. The van der Waals surface area contributed by atoms with Crippen molar-refractivity contribution in [2.24, 2.45) is 0 Å². The molecule has 1 heterocycles. The van der Waals surface area contributed by atoms with Crippen LogP contribution in [0.15, 0.2) is 46.9 Å². The van der Waals surface area contributed by atoms with E-state index in [0.29, 0.717) is 5.56 Å². The highest BCUT2D eigenvalue weighted by molar-refractivity contribution is 6.33. The molecule has 8 nitrogen and oxygen atoms in total. The predicted octanol–water partition coefficient (Wildman–Crippen LogP) is 3.79. The molecule has 2 aromatic carbocycles. The summed E-state index contributed by atoms with van der Waals surface area (Å²) in [6.07, 6.45) is 0. The number of hydrogen-bond donors (Lipinski definition) is 0. The van der Waals surface area contributed by atoms with E-state index in [9.17, 15) is 19.3 Å². The van der Waals surface area contributed by atoms with Gasteiger partial charge in [-0.1, -0.05) is 17.7 Å². The predicted molar refractivity (Wildman–Crippen MR) is 86.9 cm³/mol. The van der Waals surface area contributed by atoms with Gasteiger partial charge in [-0.2, -0.15) is 0 Å². The molecule has 10 heteroatoms. The van der Waals surface area contributed by atoms with Crippen molar-refractivity contribution in [3.8, 4) is 11.5 Å². The summed E-state index contributed by atoms with van der Waals surface area (Å²) < 4.78 is 23.9. The fourth-order valence-corrected chi connectivity index (χ4v) is 2.29. The summed E-state index contributed by atoms with van der Waals surface area (Å²) in [5, 5.41) is 18.0. The second-order valence-corrected chi connectivity index (χ2v) is 5.38. The van der Waals surface area contributed by atoms with E-state index in [1.165, 1.54) is 36.4 Å². The molecule has 0 atom stereocenters. The molecule has 0 aliphatic carbocycles. The Morgan fingerprint density at radius 3 is 2.62 bits per heavy atom. The number of halogens is 2. The molecular weight excluding hydrogens is 369 g/mol. The summed E-state index contributed by atoms with van der Waals surface area (Å²) in [7, 11) is 0. The molecule has 0 amide bonds. The summed E-state index contributed by atoms with van der Waals surface area (Å²) >= 11 is 5.79. The van der Waals surface area contributed by atoms with Crippen molar-refractivity contribution in [2.75, 3.05) is 0 Å². The van der Waals surface area contributed by atoms with E-state index in [1.54, 1.807) is 0 Å². The van der Waals surface area contributed by atoms with Crippen LogP contribution in [-0.4, -0.2) is 21.1 Å². The van der Waals surface area contributed by atoms with Crippen LogP contribution in [0.25, 0.3) is 11.5 Å². The number of aromatic nitrogens is 2. The van der Waals surface area contributed by atoms with Gasteiger partial charge in [-0.25, -0.2) is 9.18 Å². The Kier molecular flexibility index (Phi) is 4.90. The Bertz CT molecular complexity index is 954. The standard InChI is InChI=1S/C16H9ClFN3O5/c17-11-2-1-3-12(18)14(11)16(22)25-8-13-19-20-15(26-13)9-4-6-10(7-5-9)21(23)24/h1-7H,8H2. The van der Waals surface area contributed by atoms with Crippen LogP contribution >= 0.6 is 11.6 Å². The quantitative estimate of drug-likeness (QED) is 0.378. The van der Waals surface area contributed by atoms with E-state index >= 15 is 0 Å². The third-order valence-corrected chi connectivity index (χ3v) is 3.60. The van der Waals surface area contributed by atoms with Gasteiger partial charge in [0, 0.05) is 17.7 Å². The van der Waals surface area contributed by atoms with Gasteiger partial charge in [-0.3, -0.25) is 10.1 Å². The molecule has 3 rings (SSSR count). The molecule has 0 radical (unpaired) electrons. The highest BCUT2D eigenvalue weighted by Gasteiger charge is 2.19. The number of ether oxygens (including phenoxy) is 1. The molecule has 26 heavy (non-hydrogen) atoms. The molecule has 0 bridgehead atoms. The second kappa shape index (κ2) is 7.28. The van der Waals surface area contributed by atoms with E-state index in [2.05, 4.69) is 10.2 Å². The topological polar surface area (TPSA) is 108 Å². The summed E-state index contributed by atoms with van der Waals surface area (Å²) in [5.41, 5.74) is -0.00807. The second-order valence-electron chi connectivity index (χ2n) is 4.98. The van der Waals surface area contributed by atoms with Gasteiger partial charge in [-0.05, 0) is 24.3 Å². The molecule has 0 saturated carbocycles. The maximum atomic E-state index is 13.7. The highest BCUT2D eigenvalue weighted by Crippen LogP contribution is 2.23. The van der Waals surface area contributed by atoms with Crippen LogP contribution < -0.4 is 0 Å². The molecule has 132 valence electrons. The monoisotopic (exact) mass is 377 g/mol. The number of carbonyl (C=O) groups excluding carboxylic acids is 1. The SMILES string of the molecule is O=C(OCc1nnc(-c2ccc([N+](=O)[O-])cc2)o1)c1c(F)cccc1Cl. The molecule has 0 spiro atoms. The van der Waals surface area contributed by atoms with Crippen molar-refractivity contribution in [3.63, 3.8) is 0 Å². The first-order valence-electron chi connectivity index (χ1n) is 7.14. The Hall–Kier alpha value is -3.33. The van der Waals surface area contributed by atoms with E-state index < -0.39 is 16.7 Å². The van der Waals surface area contributed by atoms with Crippen LogP contribution in [0.4, 0.5) is 10.1 Å². The minimum atomic E-state index is -0.969. The van der Waals surface area contributed by atoms with Gasteiger partial charge in [0.1, 0.15) is 11.4 Å². The smallest absolute Gasteiger partial charge is 0.343 e. The average Bonchev–Trinajstić information content (AvgIpc) is 3.09. The number of carbonyl (C=O) groups is 1. The lowest BCUT2D eigenvalue weighted by Crippen LogP contribution is -2.08. The van der Waals surface area contributed by atoms with Gasteiger partial charge < -0.3 is 9.15 Å². The number of non-ortho nitro benzene ring substituents is 1. The largest absolute Gasteiger partial charge is 0.452 e. The van der Waals surface area contributed by atoms with Crippen molar-refractivity contribution >= 4 is 23.3 Å². The van der Waals surface area contributed by atoms with Gasteiger partial charge in [0.15, 0.2) is 6.61 Å². The van der Waals surface area contributed by atoms with Gasteiger partial charge in [0.05, 0.1) is 9.95 Å². The van der Waals surface area contributed by atoms with Crippen LogP contribution in [0.1, 0.15) is 16.2 Å². The van der Waals surface area contributed by atoms with E-state index in [0.717, 1.165) is 6.07 Å². The number of rotatable bonds is 5. The number of nitro groups is 1. The Balaban J connectivity index is 1.69. The van der Waals surface area contributed by atoms with Crippen LogP contribution in [0.5, 0.6) is 0 Å². The van der Waals surface area contributed by atoms with Crippen LogP contribution in [0.3, 0.4) is 0 Å². The van der Waals surface area contributed by atoms with Crippen LogP contribution in [0, 0.1) is 15.9 Å². The van der Waals surface area contributed by atoms with Crippen molar-refractivity contribution in [1.82, 2.24) is 10.2 Å². The first kappa shape index (κ1) is 17.5. The Morgan fingerprint density at radius 1 is 1.23 bits per heavy atom. The minimum Gasteiger partial charge on any atom is -0.452 e. The van der Waals surface area contributed by atoms with Crippen molar-refractivity contribution < 1.29 is 23.3 Å². The molecule has 0 unspecified atom stereocenters. The Labute approximate surface area is 150 Å². The maximum absolute atomic E-state index is 13.7. The molecule has 0 fully saturated rings. The van der Waals surface area contributed by atoms with Crippen molar-refractivity contribution in [1.29, 1.82) is 0 Å². The molecular formula is C16H9ClFN3O5. The van der Waals surface area contributed by atoms with Crippen LogP contribution in [0.2, 0.25) is 5.02 Å². The number of nitro benzene ring substituents is 1. The normalized spacial score (nSPS) is 10.5. The zero-order chi connectivity index (χ0) is 18.7. The van der Waals surface area contributed by atoms with E-state index in [1.807, 2.05) is 0 Å². The summed E-state index contributed by atoms with van der Waals surface area (Å²) in [6, 6.07) is 9.28. The molecule has 3 aromatic rings. The molecule has 1 aromatic heterocycles. The van der Waals surface area contributed by atoms with Gasteiger partial charge >= 0.3 is 5.97 Å². The summed E-state index contributed by atoms with van der Waals surface area (Å²) in [4.78, 5) is 22.0. The third-order valence-electron chi connectivity index (χ3n) is 3.29. The highest BCUT2D eigenvalue weighted by atomic mass is 35.5.